The predicted molar refractivity (Wildman–Crippen MR) is 100 cm³/mol. The van der Waals surface area contributed by atoms with Gasteiger partial charge in [0.05, 0.1) is 5.39 Å². The van der Waals surface area contributed by atoms with Crippen LogP contribution in [0.5, 0.6) is 11.5 Å². The van der Waals surface area contributed by atoms with Crippen LogP contribution in [-0.4, -0.2) is 24.2 Å². The highest BCUT2D eigenvalue weighted by atomic mass is 28.3. The lowest BCUT2D eigenvalue weighted by atomic mass is 10.3. The molecule has 0 aliphatic heterocycles. The molecule has 0 amide bonds. The minimum Gasteiger partial charge on any atom is -0.456 e. The fourth-order valence-corrected chi connectivity index (χ4v) is 3.21. The molecule has 0 atom stereocenters. The van der Waals surface area contributed by atoms with E-state index in [1.54, 1.807) is 24.4 Å². The van der Waals surface area contributed by atoms with Gasteiger partial charge in [-0.25, -0.2) is 9.37 Å². The van der Waals surface area contributed by atoms with Gasteiger partial charge in [-0.15, -0.1) is 0 Å². The molecule has 0 fully saturated rings. The van der Waals surface area contributed by atoms with E-state index in [0.717, 1.165) is 23.7 Å². The van der Waals surface area contributed by atoms with Crippen LogP contribution in [0.3, 0.4) is 0 Å². The molecule has 0 aliphatic rings. The first-order valence-corrected chi connectivity index (χ1v) is 12.1. The van der Waals surface area contributed by atoms with Crippen molar-refractivity contribution in [3.05, 3.63) is 54.6 Å². The highest BCUT2D eigenvalue weighted by Gasteiger charge is 2.13. The highest BCUT2D eigenvalue weighted by Crippen LogP contribution is 2.29. The summed E-state index contributed by atoms with van der Waals surface area (Å²) in [6.07, 6.45) is 3.63. The van der Waals surface area contributed by atoms with Gasteiger partial charge in [0.1, 0.15) is 29.7 Å². The van der Waals surface area contributed by atoms with E-state index in [4.69, 9.17) is 9.47 Å². The molecule has 2 heterocycles. The summed E-state index contributed by atoms with van der Waals surface area (Å²) in [6, 6.07) is 11.0. The van der Waals surface area contributed by atoms with Gasteiger partial charge in [0.15, 0.2) is 0 Å². The van der Waals surface area contributed by atoms with E-state index < -0.39 is 8.07 Å². The first-order chi connectivity index (χ1) is 11.9. The van der Waals surface area contributed by atoms with Crippen molar-refractivity contribution >= 4 is 19.1 Å². The fourth-order valence-electron chi connectivity index (χ4n) is 2.46. The van der Waals surface area contributed by atoms with Crippen molar-refractivity contribution in [3.63, 3.8) is 0 Å². The lowest BCUT2D eigenvalue weighted by Gasteiger charge is -2.15. The van der Waals surface area contributed by atoms with Gasteiger partial charge in [0.2, 0.25) is 0 Å². The van der Waals surface area contributed by atoms with Crippen LogP contribution in [-0.2, 0) is 11.5 Å². The average Bonchev–Trinajstić information content (AvgIpc) is 2.95. The molecule has 0 spiro atoms. The molecular weight excluding hydrogens is 335 g/mol. The number of benzene rings is 1. The summed E-state index contributed by atoms with van der Waals surface area (Å²) in [6.45, 7) is 8.22. The summed E-state index contributed by atoms with van der Waals surface area (Å²) >= 11 is 0. The molecule has 25 heavy (non-hydrogen) atoms. The molecule has 0 bridgehead atoms. The van der Waals surface area contributed by atoms with E-state index in [1.165, 1.54) is 12.1 Å². The fraction of sp³-hybridized carbons (Fsp3) is 0.316. The first kappa shape index (κ1) is 17.6. The van der Waals surface area contributed by atoms with Crippen molar-refractivity contribution < 1.29 is 13.9 Å². The largest absolute Gasteiger partial charge is 0.456 e. The van der Waals surface area contributed by atoms with E-state index >= 15 is 0 Å². The zero-order chi connectivity index (χ0) is 17.9. The standard InChI is InChI=1S/C19H23FN2O2Si/c1-25(2,3)12-11-23-14-22-10-8-17-18(7-9-21-19(17)22)24-16-6-4-5-15(20)13-16/h4-10,13H,11-12,14H2,1-3H3. The van der Waals surface area contributed by atoms with E-state index in [-0.39, 0.29) is 5.82 Å². The van der Waals surface area contributed by atoms with Crippen molar-refractivity contribution in [1.82, 2.24) is 9.55 Å². The summed E-state index contributed by atoms with van der Waals surface area (Å²) in [4.78, 5) is 4.43. The van der Waals surface area contributed by atoms with Crippen LogP contribution < -0.4 is 4.74 Å². The smallest absolute Gasteiger partial charge is 0.145 e. The number of halogens is 1. The molecule has 4 nitrogen and oxygen atoms in total. The SMILES string of the molecule is C[Si](C)(C)CCOCn1ccc2c(Oc3cccc(F)c3)ccnc21. The molecule has 2 aromatic heterocycles. The van der Waals surface area contributed by atoms with Gasteiger partial charge in [0.25, 0.3) is 0 Å². The minimum atomic E-state index is -1.09. The Labute approximate surface area is 148 Å². The number of ether oxygens (including phenoxy) is 2. The zero-order valence-electron chi connectivity index (χ0n) is 14.8. The van der Waals surface area contributed by atoms with Crippen molar-refractivity contribution in [1.29, 1.82) is 0 Å². The average molecular weight is 358 g/mol. The normalized spacial score (nSPS) is 11.8. The van der Waals surface area contributed by atoms with Gasteiger partial charge in [-0.2, -0.15) is 0 Å². The van der Waals surface area contributed by atoms with Crippen LogP contribution in [0.4, 0.5) is 4.39 Å². The zero-order valence-corrected chi connectivity index (χ0v) is 15.8. The Morgan fingerprint density at radius 1 is 1.16 bits per heavy atom. The van der Waals surface area contributed by atoms with Crippen molar-refractivity contribution in [2.24, 2.45) is 0 Å². The predicted octanol–water partition coefficient (Wildman–Crippen LogP) is 5.28. The van der Waals surface area contributed by atoms with Crippen LogP contribution in [0.1, 0.15) is 0 Å². The van der Waals surface area contributed by atoms with Gasteiger partial charge in [-0.3, -0.25) is 0 Å². The Kier molecular flexibility index (Phi) is 5.20. The quantitative estimate of drug-likeness (QED) is 0.426. The second kappa shape index (κ2) is 7.37. The summed E-state index contributed by atoms with van der Waals surface area (Å²) in [5, 5.41) is 0.876. The Bertz CT molecular complexity index is 858. The number of fused-ring (bicyclic) bond motifs is 1. The monoisotopic (exact) mass is 358 g/mol. The third kappa shape index (κ3) is 4.67. The maximum atomic E-state index is 13.3. The molecule has 0 N–H and O–H groups in total. The van der Waals surface area contributed by atoms with Crippen molar-refractivity contribution in [3.8, 4) is 11.5 Å². The number of hydrogen-bond donors (Lipinski definition) is 0. The topological polar surface area (TPSA) is 36.3 Å². The van der Waals surface area contributed by atoms with Crippen LogP contribution in [0, 0.1) is 5.82 Å². The number of nitrogens with zero attached hydrogens (tertiary/aromatic N) is 2. The highest BCUT2D eigenvalue weighted by molar-refractivity contribution is 6.76. The van der Waals surface area contributed by atoms with E-state index in [0.29, 0.717) is 18.2 Å². The third-order valence-electron chi connectivity index (χ3n) is 3.87. The second-order valence-electron chi connectivity index (χ2n) is 7.24. The number of pyridine rings is 1. The Balaban J connectivity index is 1.73. The van der Waals surface area contributed by atoms with E-state index in [2.05, 4.69) is 24.6 Å². The summed E-state index contributed by atoms with van der Waals surface area (Å²) in [5.41, 5.74) is 0.793. The van der Waals surface area contributed by atoms with Gasteiger partial charge in [0, 0.05) is 33.1 Å². The molecule has 0 radical (unpaired) electrons. The Morgan fingerprint density at radius 3 is 2.76 bits per heavy atom. The van der Waals surface area contributed by atoms with Crippen molar-refractivity contribution in [2.75, 3.05) is 6.61 Å². The molecule has 1 aromatic carbocycles. The van der Waals surface area contributed by atoms with Crippen LogP contribution in [0.15, 0.2) is 48.8 Å². The summed E-state index contributed by atoms with van der Waals surface area (Å²) in [7, 11) is -1.09. The lowest BCUT2D eigenvalue weighted by molar-refractivity contribution is 0.0899. The van der Waals surface area contributed by atoms with Gasteiger partial charge in [-0.1, -0.05) is 25.7 Å². The van der Waals surface area contributed by atoms with Crippen molar-refractivity contribution in [2.45, 2.75) is 32.4 Å². The molecule has 0 saturated heterocycles. The Morgan fingerprint density at radius 2 is 2.00 bits per heavy atom. The van der Waals surface area contributed by atoms with Crippen LogP contribution >= 0.6 is 0 Å². The van der Waals surface area contributed by atoms with Gasteiger partial charge in [-0.05, 0) is 30.3 Å². The number of aromatic nitrogens is 2. The minimum absolute atomic E-state index is 0.323. The molecular formula is C19H23FN2O2Si. The molecule has 0 unspecified atom stereocenters. The molecule has 0 saturated carbocycles. The maximum Gasteiger partial charge on any atom is 0.145 e. The Hall–Kier alpha value is -2.18. The number of hydrogen-bond acceptors (Lipinski definition) is 3. The van der Waals surface area contributed by atoms with Crippen LogP contribution in [0.25, 0.3) is 11.0 Å². The summed E-state index contributed by atoms with van der Waals surface area (Å²) in [5.74, 6) is 0.791. The van der Waals surface area contributed by atoms with Crippen LogP contribution in [0.2, 0.25) is 25.7 Å². The number of rotatable bonds is 7. The van der Waals surface area contributed by atoms with Gasteiger partial charge < -0.3 is 14.0 Å². The molecule has 0 aliphatic carbocycles. The summed E-state index contributed by atoms with van der Waals surface area (Å²) < 4.78 is 26.9. The van der Waals surface area contributed by atoms with E-state index in [9.17, 15) is 4.39 Å². The first-order valence-electron chi connectivity index (χ1n) is 8.37. The maximum absolute atomic E-state index is 13.3. The molecule has 132 valence electrons. The molecule has 6 heteroatoms. The second-order valence-corrected chi connectivity index (χ2v) is 12.9. The lowest BCUT2D eigenvalue weighted by Crippen LogP contribution is -2.22. The molecule has 3 aromatic rings. The van der Waals surface area contributed by atoms with E-state index in [1.807, 2.05) is 16.8 Å². The third-order valence-corrected chi connectivity index (χ3v) is 5.58. The molecule has 3 rings (SSSR count). The van der Waals surface area contributed by atoms with Gasteiger partial charge >= 0.3 is 0 Å².